The second-order valence-corrected chi connectivity index (χ2v) is 4.12. The van der Waals surface area contributed by atoms with Crippen molar-refractivity contribution in [1.82, 2.24) is 0 Å². The molecular formula is C13H20FNO3. The van der Waals surface area contributed by atoms with Gasteiger partial charge in [-0.15, -0.1) is 0 Å². The van der Waals surface area contributed by atoms with Crippen LogP contribution in [-0.4, -0.2) is 44.7 Å². The van der Waals surface area contributed by atoms with Crippen LogP contribution < -0.4 is 5.32 Å². The van der Waals surface area contributed by atoms with Crippen molar-refractivity contribution in [3.8, 4) is 0 Å². The minimum Gasteiger partial charge on any atom is -0.389 e. The summed E-state index contributed by atoms with van der Waals surface area (Å²) in [6, 6.07) is 4.67. The summed E-state index contributed by atoms with van der Waals surface area (Å²) in [6.45, 7) is 3.31. The molecule has 1 atom stereocenters. The number of hydrogen-bond donors (Lipinski definition) is 2. The number of ether oxygens (including phenoxy) is 2. The predicted molar refractivity (Wildman–Crippen MR) is 68.3 cm³/mol. The Kier molecular flexibility index (Phi) is 6.64. The molecule has 0 fully saturated rings. The highest BCUT2D eigenvalue weighted by atomic mass is 19.1. The highest BCUT2D eigenvalue weighted by Crippen LogP contribution is 2.13. The van der Waals surface area contributed by atoms with Crippen molar-refractivity contribution in [2.45, 2.75) is 13.0 Å². The normalized spacial score (nSPS) is 12.4. The summed E-state index contributed by atoms with van der Waals surface area (Å²) in [4.78, 5) is 0. The molecule has 0 heterocycles. The third kappa shape index (κ3) is 5.95. The van der Waals surface area contributed by atoms with Crippen molar-refractivity contribution in [2.75, 3.05) is 38.8 Å². The standard InChI is InChI=1S/C13H20FNO3/c1-10-5-11(14)7-12(6-10)15-8-13(16)9-18-4-3-17-2/h5-7,13,15-16H,3-4,8-9H2,1-2H3. The molecule has 0 aliphatic heterocycles. The van der Waals surface area contributed by atoms with Gasteiger partial charge in [0.1, 0.15) is 5.82 Å². The summed E-state index contributed by atoms with van der Waals surface area (Å²) >= 11 is 0. The van der Waals surface area contributed by atoms with Crippen molar-refractivity contribution in [2.24, 2.45) is 0 Å². The molecular weight excluding hydrogens is 237 g/mol. The van der Waals surface area contributed by atoms with E-state index in [9.17, 15) is 9.50 Å². The fraction of sp³-hybridized carbons (Fsp3) is 0.538. The first-order chi connectivity index (χ1) is 8.61. The van der Waals surface area contributed by atoms with Crippen LogP contribution in [0.2, 0.25) is 0 Å². The number of aryl methyl sites for hydroxylation is 1. The van der Waals surface area contributed by atoms with E-state index in [1.54, 1.807) is 7.11 Å². The zero-order valence-corrected chi connectivity index (χ0v) is 10.8. The quantitative estimate of drug-likeness (QED) is 0.694. The molecule has 0 amide bonds. The Balaban J connectivity index is 2.26. The summed E-state index contributed by atoms with van der Waals surface area (Å²) in [6.07, 6.45) is -0.634. The molecule has 0 radical (unpaired) electrons. The van der Waals surface area contributed by atoms with E-state index in [1.807, 2.05) is 13.0 Å². The van der Waals surface area contributed by atoms with E-state index < -0.39 is 6.10 Å². The van der Waals surface area contributed by atoms with Crippen molar-refractivity contribution in [3.05, 3.63) is 29.6 Å². The number of hydrogen-bond acceptors (Lipinski definition) is 4. The number of rotatable bonds is 8. The third-order valence-electron chi connectivity index (χ3n) is 2.33. The van der Waals surface area contributed by atoms with Gasteiger partial charge in [0.05, 0.1) is 25.9 Å². The number of anilines is 1. The molecule has 5 heteroatoms. The van der Waals surface area contributed by atoms with E-state index in [1.165, 1.54) is 12.1 Å². The number of aliphatic hydroxyl groups is 1. The van der Waals surface area contributed by atoms with Gasteiger partial charge in [-0.05, 0) is 30.7 Å². The van der Waals surface area contributed by atoms with E-state index >= 15 is 0 Å². The SMILES string of the molecule is COCCOCC(O)CNc1cc(C)cc(F)c1. The fourth-order valence-corrected chi connectivity index (χ4v) is 1.49. The highest BCUT2D eigenvalue weighted by molar-refractivity contribution is 5.46. The second-order valence-electron chi connectivity index (χ2n) is 4.12. The van der Waals surface area contributed by atoms with Gasteiger partial charge in [-0.3, -0.25) is 0 Å². The molecule has 0 bridgehead atoms. The third-order valence-corrected chi connectivity index (χ3v) is 2.33. The highest BCUT2D eigenvalue weighted by Gasteiger charge is 2.05. The Labute approximate surface area is 107 Å². The van der Waals surface area contributed by atoms with Crippen LogP contribution in [0.15, 0.2) is 18.2 Å². The van der Waals surface area contributed by atoms with Crippen LogP contribution in [0.1, 0.15) is 5.56 Å². The van der Waals surface area contributed by atoms with Crippen LogP contribution in [0, 0.1) is 12.7 Å². The summed E-state index contributed by atoms with van der Waals surface area (Å²) in [5.41, 5.74) is 1.49. The Morgan fingerprint density at radius 1 is 1.33 bits per heavy atom. The minimum atomic E-state index is -0.634. The molecule has 1 aromatic carbocycles. The Morgan fingerprint density at radius 3 is 2.78 bits per heavy atom. The van der Waals surface area contributed by atoms with Gasteiger partial charge in [0.25, 0.3) is 0 Å². The molecule has 18 heavy (non-hydrogen) atoms. The largest absolute Gasteiger partial charge is 0.389 e. The summed E-state index contributed by atoms with van der Waals surface area (Å²) in [5, 5.41) is 12.6. The smallest absolute Gasteiger partial charge is 0.125 e. The number of nitrogens with one attached hydrogen (secondary N) is 1. The summed E-state index contributed by atoms with van der Waals surface area (Å²) < 4.78 is 23.1. The summed E-state index contributed by atoms with van der Waals surface area (Å²) in [5.74, 6) is -0.289. The lowest BCUT2D eigenvalue weighted by atomic mass is 10.2. The van der Waals surface area contributed by atoms with Crippen molar-refractivity contribution < 1.29 is 19.0 Å². The van der Waals surface area contributed by atoms with Gasteiger partial charge in [-0.25, -0.2) is 4.39 Å². The Bertz CT molecular complexity index is 340. The van der Waals surface area contributed by atoms with Crippen LogP contribution >= 0.6 is 0 Å². The monoisotopic (exact) mass is 257 g/mol. The molecule has 0 aromatic heterocycles. The van der Waals surface area contributed by atoms with E-state index in [0.717, 1.165) is 5.56 Å². The summed E-state index contributed by atoms with van der Waals surface area (Å²) in [7, 11) is 1.59. The topological polar surface area (TPSA) is 50.7 Å². The van der Waals surface area contributed by atoms with Crippen molar-refractivity contribution in [3.63, 3.8) is 0 Å². The maximum Gasteiger partial charge on any atom is 0.125 e. The van der Waals surface area contributed by atoms with Gasteiger partial charge < -0.3 is 19.9 Å². The van der Waals surface area contributed by atoms with Gasteiger partial charge in [0.2, 0.25) is 0 Å². The number of benzene rings is 1. The second kappa shape index (κ2) is 8.02. The molecule has 1 rings (SSSR count). The lowest BCUT2D eigenvalue weighted by molar-refractivity contribution is 0.0182. The molecule has 2 N–H and O–H groups in total. The van der Waals surface area contributed by atoms with Crippen LogP contribution in [0.3, 0.4) is 0 Å². The minimum absolute atomic E-state index is 0.227. The lowest BCUT2D eigenvalue weighted by Gasteiger charge is -2.13. The molecule has 0 aliphatic rings. The zero-order chi connectivity index (χ0) is 13.4. The maximum absolute atomic E-state index is 13.1. The molecule has 0 spiro atoms. The van der Waals surface area contributed by atoms with E-state index in [0.29, 0.717) is 25.4 Å². The average molecular weight is 257 g/mol. The predicted octanol–water partition coefficient (Wildman–Crippen LogP) is 1.57. The molecule has 102 valence electrons. The van der Waals surface area contributed by atoms with Gasteiger partial charge in [0.15, 0.2) is 0 Å². The first kappa shape index (κ1) is 14.9. The van der Waals surface area contributed by atoms with Gasteiger partial charge in [0, 0.05) is 19.3 Å². The molecule has 0 saturated heterocycles. The van der Waals surface area contributed by atoms with E-state index in [2.05, 4.69) is 5.32 Å². The Morgan fingerprint density at radius 2 is 2.11 bits per heavy atom. The lowest BCUT2D eigenvalue weighted by Crippen LogP contribution is -2.25. The maximum atomic E-state index is 13.1. The van der Waals surface area contributed by atoms with Crippen LogP contribution in [-0.2, 0) is 9.47 Å². The van der Waals surface area contributed by atoms with Gasteiger partial charge in [-0.2, -0.15) is 0 Å². The van der Waals surface area contributed by atoms with Crippen LogP contribution in [0.25, 0.3) is 0 Å². The number of methoxy groups -OCH3 is 1. The molecule has 0 aliphatic carbocycles. The van der Waals surface area contributed by atoms with Crippen molar-refractivity contribution >= 4 is 5.69 Å². The van der Waals surface area contributed by atoms with Crippen LogP contribution in [0.4, 0.5) is 10.1 Å². The molecule has 4 nitrogen and oxygen atoms in total. The molecule has 0 saturated carbocycles. The zero-order valence-electron chi connectivity index (χ0n) is 10.8. The average Bonchev–Trinajstić information content (AvgIpc) is 2.31. The Hall–Kier alpha value is -1.17. The first-order valence-electron chi connectivity index (χ1n) is 5.87. The first-order valence-corrected chi connectivity index (χ1v) is 5.87. The van der Waals surface area contributed by atoms with Crippen molar-refractivity contribution in [1.29, 1.82) is 0 Å². The van der Waals surface area contributed by atoms with E-state index in [-0.39, 0.29) is 12.4 Å². The molecule has 1 aromatic rings. The fourth-order valence-electron chi connectivity index (χ4n) is 1.49. The van der Waals surface area contributed by atoms with Gasteiger partial charge in [-0.1, -0.05) is 0 Å². The number of aliphatic hydroxyl groups excluding tert-OH is 1. The van der Waals surface area contributed by atoms with Gasteiger partial charge >= 0.3 is 0 Å². The van der Waals surface area contributed by atoms with E-state index in [4.69, 9.17) is 9.47 Å². The van der Waals surface area contributed by atoms with Crippen LogP contribution in [0.5, 0.6) is 0 Å². The number of halogens is 1. The molecule has 1 unspecified atom stereocenters.